The molecule has 1 aromatic rings. The van der Waals surface area contributed by atoms with Crippen LogP contribution in [0, 0.1) is 6.92 Å². The van der Waals surface area contributed by atoms with Crippen LogP contribution in [-0.4, -0.2) is 4.98 Å². The fraction of sp³-hybridized carbons (Fsp3) is 0.444. The highest BCUT2D eigenvalue weighted by Crippen LogP contribution is 2.35. The van der Waals surface area contributed by atoms with Crippen molar-refractivity contribution in [3.05, 3.63) is 27.5 Å². The first kappa shape index (κ1) is 14.5. The van der Waals surface area contributed by atoms with Gasteiger partial charge in [-0.05, 0) is 13.0 Å². The Kier molecular flexibility index (Phi) is 5.38. The van der Waals surface area contributed by atoms with Crippen LogP contribution in [0.1, 0.15) is 25.1 Å². The Hall–Kier alpha value is -0.480. The second kappa shape index (κ2) is 5.56. The molecule has 0 saturated carbocycles. The SMILES string of the molecule is CC.Cc1nc(Cl)c(C(F)(F)F)cc1Cl. The van der Waals surface area contributed by atoms with Gasteiger partial charge in [-0.1, -0.05) is 37.0 Å². The van der Waals surface area contributed by atoms with E-state index in [1.165, 1.54) is 6.92 Å². The maximum Gasteiger partial charge on any atom is 0.419 e. The number of aromatic nitrogens is 1. The Labute approximate surface area is 96.2 Å². The molecular weight excluding hydrogens is 250 g/mol. The number of nitrogens with zero attached hydrogens (tertiary/aromatic N) is 1. The van der Waals surface area contributed by atoms with Crippen LogP contribution in [0.3, 0.4) is 0 Å². The molecule has 0 bridgehead atoms. The van der Waals surface area contributed by atoms with Crippen molar-refractivity contribution in [2.45, 2.75) is 26.9 Å². The third-order valence-electron chi connectivity index (χ3n) is 1.41. The molecule has 0 aliphatic rings. The van der Waals surface area contributed by atoms with Gasteiger partial charge >= 0.3 is 6.18 Å². The van der Waals surface area contributed by atoms with E-state index in [4.69, 9.17) is 23.2 Å². The molecule has 1 aromatic heterocycles. The van der Waals surface area contributed by atoms with E-state index in [0.717, 1.165) is 6.07 Å². The first-order valence-corrected chi connectivity index (χ1v) is 4.98. The third kappa shape index (κ3) is 3.87. The van der Waals surface area contributed by atoms with E-state index in [0.29, 0.717) is 0 Å². The molecule has 6 heteroatoms. The average molecular weight is 260 g/mol. The minimum absolute atomic E-state index is 0.0447. The van der Waals surface area contributed by atoms with Crippen LogP contribution in [0.2, 0.25) is 10.2 Å². The first-order chi connectivity index (χ1) is 6.82. The summed E-state index contributed by atoms with van der Waals surface area (Å²) in [7, 11) is 0. The van der Waals surface area contributed by atoms with Crippen molar-refractivity contribution in [1.82, 2.24) is 4.98 Å². The lowest BCUT2D eigenvalue weighted by Gasteiger charge is -2.09. The predicted octanol–water partition coefficient (Wildman–Crippen LogP) is 4.74. The van der Waals surface area contributed by atoms with Gasteiger partial charge in [0.1, 0.15) is 5.15 Å². The number of aryl methyl sites for hydroxylation is 1. The van der Waals surface area contributed by atoms with Crippen LogP contribution < -0.4 is 0 Å². The van der Waals surface area contributed by atoms with Crippen LogP contribution in [0.5, 0.6) is 0 Å². The van der Waals surface area contributed by atoms with Crippen molar-refractivity contribution in [2.75, 3.05) is 0 Å². The molecule has 0 fully saturated rings. The highest BCUT2D eigenvalue weighted by atomic mass is 35.5. The van der Waals surface area contributed by atoms with Gasteiger partial charge in [0.2, 0.25) is 0 Å². The van der Waals surface area contributed by atoms with Gasteiger partial charge in [0.15, 0.2) is 0 Å². The highest BCUT2D eigenvalue weighted by Gasteiger charge is 2.34. The molecule has 0 unspecified atom stereocenters. The Bertz CT molecular complexity index is 337. The van der Waals surface area contributed by atoms with Crippen molar-refractivity contribution in [3.63, 3.8) is 0 Å². The van der Waals surface area contributed by atoms with Crippen molar-refractivity contribution in [3.8, 4) is 0 Å². The number of pyridine rings is 1. The zero-order valence-corrected chi connectivity index (χ0v) is 9.93. The molecule has 0 N–H and O–H groups in total. The smallest absolute Gasteiger partial charge is 0.239 e. The summed E-state index contributed by atoms with van der Waals surface area (Å²) in [6.07, 6.45) is -4.51. The zero-order chi connectivity index (χ0) is 12.2. The van der Waals surface area contributed by atoms with Gasteiger partial charge in [0.25, 0.3) is 0 Å². The quantitative estimate of drug-likeness (QED) is 0.614. The van der Waals surface area contributed by atoms with E-state index in [2.05, 4.69) is 4.98 Å². The summed E-state index contributed by atoms with van der Waals surface area (Å²) < 4.78 is 36.5. The Balaban J connectivity index is 0.000000921. The van der Waals surface area contributed by atoms with Crippen molar-refractivity contribution >= 4 is 23.2 Å². The fourth-order valence-electron chi connectivity index (χ4n) is 0.750. The minimum Gasteiger partial charge on any atom is -0.239 e. The topological polar surface area (TPSA) is 12.9 Å². The summed E-state index contributed by atoms with van der Waals surface area (Å²) in [5, 5.41) is -0.619. The molecule has 0 saturated heterocycles. The van der Waals surface area contributed by atoms with Crippen molar-refractivity contribution in [2.24, 2.45) is 0 Å². The van der Waals surface area contributed by atoms with E-state index in [1.807, 2.05) is 13.8 Å². The average Bonchev–Trinajstić information content (AvgIpc) is 2.13. The molecule has 0 amide bonds. The van der Waals surface area contributed by atoms with Gasteiger partial charge in [-0.3, -0.25) is 0 Å². The minimum atomic E-state index is -4.51. The Morgan fingerprint density at radius 1 is 1.20 bits per heavy atom. The molecule has 15 heavy (non-hydrogen) atoms. The zero-order valence-electron chi connectivity index (χ0n) is 8.41. The summed E-state index contributed by atoms with van der Waals surface area (Å²) in [6.45, 7) is 5.48. The van der Waals surface area contributed by atoms with Crippen molar-refractivity contribution < 1.29 is 13.2 Å². The molecule has 0 atom stereocenters. The van der Waals surface area contributed by atoms with Gasteiger partial charge in [0.05, 0.1) is 16.3 Å². The first-order valence-electron chi connectivity index (χ1n) is 4.22. The number of rotatable bonds is 0. The molecule has 0 aliphatic carbocycles. The third-order valence-corrected chi connectivity index (χ3v) is 2.08. The van der Waals surface area contributed by atoms with Crippen LogP contribution in [0.4, 0.5) is 13.2 Å². The molecule has 0 spiro atoms. The lowest BCUT2D eigenvalue weighted by molar-refractivity contribution is -0.137. The molecule has 1 rings (SSSR count). The normalized spacial score (nSPS) is 10.7. The van der Waals surface area contributed by atoms with Gasteiger partial charge in [-0.15, -0.1) is 0 Å². The Morgan fingerprint density at radius 3 is 2.07 bits per heavy atom. The van der Waals surface area contributed by atoms with Gasteiger partial charge < -0.3 is 0 Å². The predicted molar refractivity (Wildman–Crippen MR) is 55.3 cm³/mol. The summed E-state index contributed by atoms with van der Waals surface area (Å²) in [5.74, 6) is 0. The van der Waals surface area contributed by atoms with Gasteiger partial charge in [-0.25, -0.2) is 4.98 Å². The van der Waals surface area contributed by atoms with E-state index in [1.54, 1.807) is 0 Å². The molecule has 0 aromatic carbocycles. The standard InChI is InChI=1S/C7H4Cl2F3N.C2H6/c1-3-5(8)2-4(6(9)13-3)7(10,11)12;1-2/h2H,1H3;1-2H3. The number of halogens is 5. The lowest BCUT2D eigenvalue weighted by atomic mass is 10.2. The monoisotopic (exact) mass is 259 g/mol. The van der Waals surface area contributed by atoms with Crippen LogP contribution >= 0.6 is 23.2 Å². The molecule has 0 radical (unpaired) electrons. The molecule has 1 heterocycles. The molecule has 1 nitrogen and oxygen atoms in total. The molecule has 0 aliphatic heterocycles. The summed E-state index contributed by atoms with van der Waals surface area (Å²) in [4.78, 5) is 3.45. The number of alkyl halides is 3. The molecule has 86 valence electrons. The lowest BCUT2D eigenvalue weighted by Crippen LogP contribution is -2.07. The van der Waals surface area contributed by atoms with E-state index in [9.17, 15) is 13.2 Å². The highest BCUT2D eigenvalue weighted by molar-refractivity contribution is 6.33. The fourth-order valence-corrected chi connectivity index (χ4v) is 1.19. The van der Waals surface area contributed by atoms with E-state index >= 15 is 0 Å². The van der Waals surface area contributed by atoms with Crippen molar-refractivity contribution in [1.29, 1.82) is 0 Å². The van der Waals surface area contributed by atoms with E-state index < -0.39 is 16.9 Å². The second-order valence-corrected chi connectivity index (χ2v) is 3.16. The molecular formula is C9H10Cl2F3N. The number of hydrogen-bond acceptors (Lipinski definition) is 1. The maximum absolute atomic E-state index is 12.2. The number of hydrogen-bond donors (Lipinski definition) is 0. The second-order valence-electron chi connectivity index (χ2n) is 2.39. The van der Waals surface area contributed by atoms with Crippen LogP contribution in [0.25, 0.3) is 0 Å². The summed E-state index contributed by atoms with van der Waals surface area (Å²) in [6, 6.07) is 0.770. The maximum atomic E-state index is 12.2. The van der Waals surface area contributed by atoms with Gasteiger partial charge in [-0.2, -0.15) is 13.2 Å². The van der Waals surface area contributed by atoms with Crippen LogP contribution in [0.15, 0.2) is 6.07 Å². The largest absolute Gasteiger partial charge is 0.419 e. The summed E-state index contributed by atoms with van der Waals surface area (Å²) >= 11 is 10.8. The van der Waals surface area contributed by atoms with Gasteiger partial charge in [0, 0.05) is 0 Å². The Morgan fingerprint density at radius 2 is 1.67 bits per heavy atom. The van der Waals surface area contributed by atoms with Crippen LogP contribution in [-0.2, 0) is 6.18 Å². The van der Waals surface area contributed by atoms with E-state index in [-0.39, 0.29) is 10.7 Å². The summed E-state index contributed by atoms with van der Waals surface area (Å²) in [5.41, 5.74) is -0.732.